The molecule has 0 fully saturated rings. The molecule has 0 aliphatic carbocycles. The second-order valence-electron chi connectivity index (χ2n) is 12.7. The van der Waals surface area contributed by atoms with Crippen molar-refractivity contribution < 1.29 is 13.3 Å². The van der Waals surface area contributed by atoms with E-state index in [1.165, 1.54) is 21.5 Å². The van der Waals surface area contributed by atoms with Crippen molar-refractivity contribution in [1.82, 2.24) is 9.13 Å². The van der Waals surface area contributed by atoms with Crippen LogP contribution in [0.15, 0.2) is 172 Å². The average Bonchev–Trinajstić information content (AvgIpc) is 3.99. The largest absolute Gasteiger partial charge is 0.472 e. The molecule has 0 atom stereocenters. The first-order valence-electron chi connectivity index (χ1n) is 16.4. The molecule has 5 aromatic heterocycles. The van der Waals surface area contributed by atoms with Crippen LogP contribution in [-0.4, -0.2) is 9.13 Å². The summed E-state index contributed by atoms with van der Waals surface area (Å²) in [5.74, 6) is 0. The third-order valence-corrected chi connectivity index (χ3v) is 10.0. The number of aromatic nitrogens is 2. The highest BCUT2D eigenvalue weighted by molar-refractivity contribution is 6.13. The van der Waals surface area contributed by atoms with E-state index in [1.54, 1.807) is 25.1 Å². The van der Waals surface area contributed by atoms with Crippen LogP contribution < -0.4 is 0 Å². The molecule has 11 rings (SSSR count). The van der Waals surface area contributed by atoms with Gasteiger partial charge in [-0.15, -0.1) is 0 Å². The van der Waals surface area contributed by atoms with Crippen molar-refractivity contribution in [2.24, 2.45) is 0 Å². The minimum Gasteiger partial charge on any atom is -0.472 e. The van der Waals surface area contributed by atoms with E-state index in [0.717, 1.165) is 77.6 Å². The highest BCUT2D eigenvalue weighted by Gasteiger charge is 2.18. The average molecular weight is 631 g/mol. The molecular weight excluding hydrogens is 604 g/mol. The Morgan fingerprint density at radius 1 is 0.347 bits per heavy atom. The molecule has 0 radical (unpaired) electrons. The van der Waals surface area contributed by atoms with Crippen LogP contribution in [0.3, 0.4) is 0 Å². The summed E-state index contributed by atoms with van der Waals surface area (Å²) < 4.78 is 21.9. The summed E-state index contributed by atoms with van der Waals surface area (Å²) in [7, 11) is 0. The van der Waals surface area contributed by atoms with Gasteiger partial charge in [0.2, 0.25) is 0 Å². The smallest absolute Gasteiger partial charge is 0.135 e. The van der Waals surface area contributed by atoms with Crippen LogP contribution in [0.1, 0.15) is 0 Å². The van der Waals surface area contributed by atoms with Crippen LogP contribution in [0.4, 0.5) is 0 Å². The number of hydrogen-bond acceptors (Lipinski definition) is 3. The van der Waals surface area contributed by atoms with E-state index in [1.807, 2.05) is 12.1 Å². The highest BCUT2D eigenvalue weighted by atomic mass is 16.3. The van der Waals surface area contributed by atoms with Crippen molar-refractivity contribution in [1.29, 1.82) is 0 Å². The molecule has 5 nitrogen and oxygen atoms in total. The Bertz CT molecular complexity index is 2840. The Kier molecular flexibility index (Phi) is 5.32. The number of rotatable bonds is 4. The number of furan rings is 3. The van der Waals surface area contributed by atoms with Gasteiger partial charge in [-0.1, -0.05) is 48.5 Å². The fraction of sp³-hybridized carbons (Fsp3) is 0. The van der Waals surface area contributed by atoms with Gasteiger partial charge in [0.05, 0.1) is 47.1 Å². The van der Waals surface area contributed by atoms with E-state index in [2.05, 4.69) is 130 Å². The Morgan fingerprint density at radius 2 is 0.816 bits per heavy atom. The number of fused-ring (bicyclic) bond motifs is 9. The summed E-state index contributed by atoms with van der Waals surface area (Å²) in [6, 6.07) is 47.6. The van der Waals surface area contributed by atoms with E-state index in [0.29, 0.717) is 0 Å². The molecule has 0 bridgehead atoms. The second-order valence-corrected chi connectivity index (χ2v) is 12.7. The maximum Gasteiger partial charge on any atom is 0.135 e. The van der Waals surface area contributed by atoms with Gasteiger partial charge < -0.3 is 22.4 Å². The molecule has 0 aliphatic heterocycles. The second kappa shape index (κ2) is 9.89. The first-order valence-corrected chi connectivity index (χ1v) is 16.4. The zero-order chi connectivity index (χ0) is 32.1. The fourth-order valence-corrected chi connectivity index (χ4v) is 7.75. The van der Waals surface area contributed by atoms with E-state index in [4.69, 9.17) is 13.3 Å². The van der Waals surface area contributed by atoms with Gasteiger partial charge in [0, 0.05) is 54.8 Å². The third kappa shape index (κ3) is 3.81. The molecule has 0 unspecified atom stereocenters. The number of para-hydroxylation sites is 2. The first-order chi connectivity index (χ1) is 24.3. The molecule has 6 aromatic carbocycles. The van der Waals surface area contributed by atoms with E-state index < -0.39 is 0 Å². The SMILES string of the molecule is c1ccc2c(c1)c1cc(-c3ccoc3)ccc1n2-c1ccc2oc3ccc(-n4c5ccccc5c5cc(-c6ccoc6)ccc54)cc3c2c1. The van der Waals surface area contributed by atoms with Crippen LogP contribution in [0.5, 0.6) is 0 Å². The van der Waals surface area contributed by atoms with Crippen LogP contribution in [0, 0.1) is 0 Å². The molecule has 0 N–H and O–H groups in total. The molecule has 0 spiro atoms. The standard InChI is InChI=1S/C44H26N2O3/c1-3-7-39-33(5-1)35-21-27(29-17-19-47-25-29)9-13-41(35)45(39)31-11-15-43-37(23-31)38-24-32(12-16-44(38)49-43)46-40-8-4-2-6-34(40)36-22-28(10-14-42(36)46)30-18-20-48-26-30/h1-26H. The summed E-state index contributed by atoms with van der Waals surface area (Å²) in [4.78, 5) is 0. The molecule has 230 valence electrons. The van der Waals surface area contributed by atoms with Gasteiger partial charge in [-0.25, -0.2) is 0 Å². The van der Waals surface area contributed by atoms with Gasteiger partial charge in [-0.05, 0) is 96.1 Å². The Hall–Kier alpha value is -6.72. The zero-order valence-corrected chi connectivity index (χ0v) is 26.1. The van der Waals surface area contributed by atoms with Gasteiger partial charge >= 0.3 is 0 Å². The van der Waals surface area contributed by atoms with Crippen molar-refractivity contribution >= 4 is 65.6 Å². The van der Waals surface area contributed by atoms with Crippen LogP contribution in [0.2, 0.25) is 0 Å². The molecule has 49 heavy (non-hydrogen) atoms. The van der Waals surface area contributed by atoms with E-state index >= 15 is 0 Å². The van der Waals surface area contributed by atoms with Gasteiger partial charge in [-0.2, -0.15) is 0 Å². The van der Waals surface area contributed by atoms with Crippen LogP contribution >= 0.6 is 0 Å². The summed E-state index contributed by atoms with van der Waals surface area (Å²) in [6.45, 7) is 0. The molecule has 0 saturated carbocycles. The van der Waals surface area contributed by atoms with E-state index in [-0.39, 0.29) is 0 Å². The summed E-state index contributed by atoms with van der Waals surface area (Å²) >= 11 is 0. The predicted molar refractivity (Wildman–Crippen MR) is 198 cm³/mol. The monoisotopic (exact) mass is 630 g/mol. The zero-order valence-electron chi connectivity index (χ0n) is 26.1. The molecule has 5 heterocycles. The van der Waals surface area contributed by atoms with Gasteiger partial charge in [0.25, 0.3) is 0 Å². The predicted octanol–water partition coefficient (Wildman–Crippen LogP) is 12.3. The fourth-order valence-electron chi connectivity index (χ4n) is 7.75. The van der Waals surface area contributed by atoms with Gasteiger partial charge in [0.1, 0.15) is 11.2 Å². The molecule has 0 saturated heterocycles. The van der Waals surface area contributed by atoms with Crippen molar-refractivity contribution in [3.05, 3.63) is 159 Å². The lowest BCUT2D eigenvalue weighted by atomic mass is 10.1. The van der Waals surface area contributed by atoms with E-state index in [9.17, 15) is 0 Å². The Morgan fingerprint density at radius 3 is 1.29 bits per heavy atom. The molecular formula is C44H26N2O3. The maximum atomic E-state index is 6.42. The molecule has 11 aromatic rings. The Labute approximate surface area is 279 Å². The van der Waals surface area contributed by atoms with Crippen molar-refractivity contribution in [2.75, 3.05) is 0 Å². The van der Waals surface area contributed by atoms with Gasteiger partial charge in [0.15, 0.2) is 0 Å². The lowest BCUT2D eigenvalue weighted by Gasteiger charge is -2.09. The third-order valence-electron chi connectivity index (χ3n) is 10.0. The highest BCUT2D eigenvalue weighted by Crippen LogP contribution is 2.39. The van der Waals surface area contributed by atoms with Crippen LogP contribution in [-0.2, 0) is 0 Å². The van der Waals surface area contributed by atoms with Crippen molar-refractivity contribution in [3.8, 4) is 33.6 Å². The topological polar surface area (TPSA) is 49.3 Å². The Balaban J connectivity index is 1.11. The number of benzene rings is 6. The molecule has 0 aliphatic rings. The minimum atomic E-state index is 0.867. The summed E-state index contributed by atoms with van der Waals surface area (Å²) in [5, 5.41) is 7.00. The number of hydrogen-bond donors (Lipinski definition) is 0. The van der Waals surface area contributed by atoms with Crippen molar-refractivity contribution in [3.63, 3.8) is 0 Å². The number of nitrogens with zero attached hydrogens (tertiary/aromatic N) is 2. The maximum absolute atomic E-state index is 6.42. The van der Waals surface area contributed by atoms with Crippen LogP contribution in [0.25, 0.3) is 99.2 Å². The summed E-state index contributed by atoms with van der Waals surface area (Å²) in [5.41, 5.74) is 13.0. The summed E-state index contributed by atoms with van der Waals surface area (Å²) in [6.07, 6.45) is 7.03. The van der Waals surface area contributed by atoms with Crippen molar-refractivity contribution in [2.45, 2.75) is 0 Å². The molecule has 5 heteroatoms. The normalized spacial score (nSPS) is 12.1. The lowest BCUT2D eigenvalue weighted by Crippen LogP contribution is -1.94. The lowest BCUT2D eigenvalue weighted by molar-refractivity contribution is 0.568. The molecule has 0 amide bonds. The van der Waals surface area contributed by atoms with Gasteiger partial charge in [-0.3, -0.25) is 0 Å². The minimum absolute atomic E-state index is 0.867. The quantitative estimate of drug-likeness (QED) is 0.194. The first kappa shape index (κ1) is 26.4.